The Morgan fingerprint density at radius 2 is 2.16 bits per heavy atom. The summed E-state index contributed by atoms with van der Waals surface area (Å²) in [5.74, 6) is 1.67. The highest BCUT2D eigenvalue weighted by molar-refractivity contribution is 5.01. The van der Waals surface area contributed by atoms with Gasteiger partial charge in [-0.3, -0.25) is 4.90 Å². The van der Waals surface area contributed by atoms with Gasteiger partial charge in [0, 0.05) is 6.04 Å². The maximum absolute atomic E-state index is 5.49. The summed E-state index contributed by atoms with van der Waals surface area (Å²) in [5.41, 5.74) is 0. The van der Waals surface area contributed by atoms with E-state index in [9.17, 15) is 0 Å². The Morgan fingerprint density at radius 1 is 1.26 bits per heavy atom. The number of piperidine rings is 1. The van der Waals surface area contributed by atoms with Gasteiger partial charge < -0.3 is 9.84 Å². The molecule has 0 saturated carbocycles. The molecule has 106 valence electrons. The van der Waals surface area contributed by atoms with E-state index in [1.807, 2.05) is 0 Å². The van der Waals surface area contributed by atoms with Crippen LogP contribution < -0.4 is 5.32 Å². The van der Waals surface area contributed by atoms with E-state index >= 15 is 0 Å². The summed E-state index contributed by atoms with van der Waals surface area (Å²) in [7, 11) is 0. The van der Waals surface area contributed by atoms with Gasteiger partial charge in [-0.25, -0.2) is 0 Å². The van der Waals surface area contributed by atoms with E-state index in [4.69, 9.17) is 4.52 Å². The highest BCUT2D eigenvalue weighted by atomic mass is 16.5. The van der Waals surface area contributed by atoms with Crippen molar-refractivity contribution in [3.05, 3.63) is 11.7 Å². The number of rotatable bonds is 3. The van der Waals surface area contributed by atoms with Crippen molar-refractivity contribution in [3.8, 4) is 0 Å². The van der Waals surface area contributed by atoms with Gasteiger partial charge in [0.1, 0.15) is 0 Å². The molecule has 3 rings (SSSR count). The SMILES string of the molecule is CC(C)N1CCCC1c1noc(C2CCCCN2)n1. The minimum atomic E-state index is 0.268. The van der Waals surface area contributed by atoms with Gasteiger partial charge in [-0.2, -0.15) is 4.98 Å². The zero-order chi connectivity index (χ0) is 13.2. The van der Waals surface area contributed by atoms with Crippen molar-refractivity contribution in [1.29, 1.82) is 0 Å². The van der Waals surface area contributed by atoms with E-state index in [2.05, 4.69) is 34.2 Å². The van der Waals surface area contributed by atoms with Gasteiger partial charge in [-0.15, -0.1) is 0 Å². The van der Waals surface area contributed by atoms with Crippen molar-refractivity contribution in [2.75, 3.05) is 13.1 Å². The fourth-order valence-corrected chi connectivity index (χ4v) is 3.27. The van der Waals surface area contributed by atoms with Gasteiger partial charge in [-0.05, 0) is 52.6 Å². The molecule has 0 aromatic carbocycles. The molecule has 2 aliphatic rings. The summed E-state index contributed by atoms with van der Waals surface area (Å²) in [6, 6.07) is 1.16. The molecule has 2 fully saturated rings. The number of likely N-dealkylation sites (tertiary alicyclic amines) is 1. The Kier molecular flexibility index (Phi) is 3.84. The first-order valence-electron chi connectivity index (χ1n) is 7.58. The minimum absolute atomic E-state index is 0.268. The minimum Gasteiger partial charge on any atom is -0.338 e. The summed E-state index contributed by atoms with van der Waals surface area (Å²) in [6.07, 6.45) is 5.99. The third-order valence-corrected chi connectivity index (χ3v) is 4.32. The van der Waals surface area contributed by atoms with Crippen LogP contribution in [0.2, 0.25) is 0 Å². The number of hydrogen-bond donors (Lipinski definition) is 1. The number of nitrogens with one attached hydrogen (secondary N) is 1. The van der Waals surface area contributed by atoms with Crippen LogP contribution >= 0.6 is 0 Å². The van der Waals surface area contributed by atoms with Crippen LogP contribution in [0.25, 0.3) is 0 Å². The van der Waals surface area contributed by atoms with E-state index in [0.29, 0.717) is 12.1 Å². The molecule has 1 aromatic rings. The average molecular weight is 264 g/mol. The summed E-state index contributed by atoms with van der Waals surface area (Å²) >= 11 is 0. The van der Waals surface area contributed by atoms with Crippen LogP contribution in [0, 0.1) is 0 Å². The fraction of sp³-hybridized carbons (Fsp3) is 0.857. The van der Waals surface area contributed by atoms with Gasteiger partial charge >= 0.3 is 0 Å². The van der Waals surface area contributed by atoms with Gasteiger partial charge in [0.15, 0.2) is 5.82 Å². The topological polar surface area (TPSA) is 54.2 Å². The number of aromatic nitrogens is 2. The maximum Gasteiger partial charge on any atom is 0.243 e. The van der Waals surface area contributed by atoms with E-state index < -0.39 is 0 Å². The van der Waals surface area contributed by atoms with Crippen molar-refractivity contribution in [3.63, 3.8) is 0 Å². The first kappa shape index (κ1) is 13.1. The zero-order valence-electron chi connectivity index (χ0n) is 11.9. The third kappa shape index (κ3) is 2.67. The molecule has 1 aromatic heterocycles. The quantitative estimate of drug-likeness (QED) is 0.908. The van der Waals surface area contributed by atoms with Crippen LogP contribution in [0.5, 0.6) is 0 Å². The Labute approximate surface area is 114 Å². The monoisotopic (exact) mass is 264 g/mol. The molecule has 5 nitrogen and oxygen atoms in total. The van der Waals surface area contributed by atoms with Gasteiger partial charge in [0.25, 0.3) is 0 Å². The standard InChI is InChI=1S/C14H24N4O/c1-10(2)18-9-5-7-12(18)13-16-14(19-17-13)11-6-3-4-8-15-11/h10-12,15H,3-9H2,1-2H3. The van der Waals surface area contributed by atoms with Crippen molar-refractivity contribution in [1.82, 2.24) is 20.4 Å². The smallest absolute Gasteiger partial charge is 0.243 e. The predicted octanol–water partition coefficient (Wildman–Crippen LogP) is 2.43. The van der Waals surface area contributed by atoms with Crippen LogP contribution in [0.3, 0.4) is 0 Å². The Hall–Kier alpha value is -0.940. The Bertz CT molecular complexity index is 411. The van der Waals surface area contributed by atoms with E-state index in [0.717, 1.165) is 37.6 Å². The number of nitrogens with zero attached hydrogens (tertiary/aromatic N) is 3. The molecule has 0 radical (unpaired) electrons. The highest BCUT2D eigenvalue weighted by Crippen LogP contribution is 2.32. The molecular formula is C14H24N4O. The molecule has 0 aliphatic carbocycles. The average Bonchev–Trinajstić information content (AvgIpc) is 3.08. The molecule has 2 unspecified atom stereocenters. The lowest BCUT2D eigenvalue weighted by Gasteiger charge is -2.25. The predicted molar refractivity (Wildman–Crippen MR) is 72.7 cm³/mol. The van der Waals surface area contributed by atoms with Crippen LogP contribution in [0.4, 0.5) is 0 Å². The fourth-order valence-electron chi connectivity index (χ4n) is 3.27. The van der Waals surface area contributed by atoms with Gasteiger partial charge in [-0.1, -0.05) is 11.6 Å². The molecule has 5 heteroatoms. The van der Waals surface area contributed by atoms with Crippen molar-refractivity contribution < 1.29 is 4.52 Å². The van der Waals surface area contributed by atoms with Crippen molar-refractivity contribution in [2.45, 2.75) is 64.1 Å². The second kappa shape index (κ2) is 5.59. The van der Waals surface area contributed by atoms with Crippen LogP contribution in [-0.2, 0) is 0 Å². The van der Waals surface area contributed by atoms with Gasteiger partial charge in [0.2, 0.25) is 5.89 Å². The van der Waals surface area contributed by atoms with E-state index in [1.54, 1.807) is 0 Å². The summed E-state index contributed by atoms with van der Waals surface area (Å²) in [5, 5.41) is 7.70. The van der Waals surface area contributed by atoms with E-state index in [-0.39, 0.29) is 6.04 Å². The third-order valence-electron chi connectivity index (χ3n) is 4.32. The molecule has 0 spiro atoms. The second-order valence-electron chi connectivity index (χ2n) is 5.98. The molecule has 19 heavy (non-hydrogen) atoms. The summed E-state index contributed by atoms with van der Waals surface area (Å²) in [6.45, 7) is 6.68. The zero-order valence-corrected chi connectivity index (χ0v) is 11.9. The molecule has 1 N–H and O–H groups in total. The van der Waals surface area contributed by atoms with Crippen LogP contribution in [-0.4, -0.2) is 34.2 Å². The lowest BCUT2D eigenvalue weighted by atomic mass is 10.1. The lowest BCUT2D eigenvalue weighted by molar-refractivity contribution is 0.194. The van der Waals surface area contributed by atoms with E-state index in [1.165, 1.54) is 19.3 Å². The normalized spacial score (nSPS) is 29.2. The summed E-state index contributed by atoms with van der Waals surface area (Å²) in [4.78, 5) is 7.14. The van der Waals surface area contributed by atoms with Crippen LogP contribution in [0.1, 0.15) is 69.8 Å². The summed E-state index contributed by atoms with van der Waals surface area (Å²) < 4.78 is 5.49. The number of hydrogen-bond acceptors (Lipinski definition) is 5. The first-order chi connectivity index (χ1) is 9.25. The molecular weight excluding hydrogens is 240 g/mol. The first-order valence-corrected chi connectivity index (χ1v) is 7.58. The van der Waals surface area contributed by atoms with Crippen molar-refractivity contribution in [2.24, 2.45) is 0 Å². The second-order valence-corrected chi connectivity index (χ2v) is 5.98. The Morgan fingerprint density at radius 3 is 2.89 bits per heavy atom. The highest BCUT2D eigenvalue weighted by Gasteiger charge is 2.32. The molecule has 2 atom stereocenters. The molecule has 3 heterocycles. The molecule has 0 amide bonds. The van der Waals surface area contributed by atoms with Crippen LogP contribution in [0.15, 0.2) is 4.52 Å². The largest absolute Gasteiger partial charge is 0.338 e. The molecule has 2 saturated heterocycles. The lowest BCUT2D eigenvalue weighted by Crippen LogP contribution is -2.31. The van der Waals surface area contributed by atoms with Gasteiger partial charge in [0.05, 0.1) is 12.1 Å². The molecule has 2 aliphatic heterocycles. The molecule has 0 bridgehead atoms. The Balaban J connectivity index is 1.73. The maximum atomic E-state index is 5.49. The van der Waals surface area contributed by atoms with Crippen molar-refractivity contribution >= 4 is 0 Å².